The number of hydrogen-bond donors (Lipinski definition) is 0. The smallest absolute Gasteiger partial charge is 1.00 e. The molecule has 0 amide bonds. The van der Waals surface area contributed by atoms with Crippen LogP contribution in [0.4, 0.5) is 0 Å². The third kappa shape index (κ3) is 41.5. The second-order valence-corrected chi connectivity index (χ2v) is 0. The first-order valence-electron chi connectivity index (χ1n) is 0. The maximum atomic E-state index is 0. The fourth-order valence-corrected chi connectivity index (χ4v) is 0. The molecule has 7 heteroatoms. The zero-order valence-corrected chi connectivity index (χ0v) is 15.7. The molecule has 0 saturated heterocycles. The quantitative estimate of drug-likeness (QED) is 0.222. The van der Waals surface area contributed by atoms with Crippen molar-refractivity contribution in [2.75, 3.05) is 0 Å². The standard InChI is InChI=1S/Bi.6BrH/h;6*1H/q+3;;;;;;/p-6. The van der Waals surface area contributed by atoms with Gasteiger partial charge < -0.3 is 102 Å². The van der Waals surface area contributed by atoms with Crippen LogP contribution >= 0.6 is 0 Å². The predicted octanol–water partition coefficient (Wildman–Crippen LogP) is -18.4. The van der Waals surface area contributed by atoms with Crippen LogP contribution in [0.1, 0.15) is 0 Å². The normalized spacial score (nSPS) is 0. The van der Waals surface area contributed by atoms with Crippen LogP contribution in [0.2, 0.25) is 0 Å². The minimum absolute atomic E-state index is 0. The molecular weight excluding hydrogens is 688 g/mol. The summed E-state index contributed by atoms with van der Waals surface area (Å²) in [4.78, 5) is 0. The summed E-state index contributed by atoms with van der Waals surface area (Å²) in [6.07, 6.45) is 0. The molecule has 0 spiro atoms. The number of halogens is 6. The Morgan fingerprint density at radius 3 is 0.286 bits per heavy atom. The van der Waals surface area contributed by atoms with Gasteiger partial charge in [-0.2, -0.15) is 0 Å². The Hall–Kier alpha value is 3.76. The van der Waals surface area contributed by atoms with Crippen LogP contribution < -0.4 is 102 Å². The molecular formula is BiBr6-3. The van der Waals surface area contributed by atoms with Crippen LogP contribution in [0.25, 0.3) is 0 Å². The van der Waals surface area contributed by atoms with E-state index in [4.69, 9.17) is 0 Å². The van der Waals surface area contributed by atoms with Gasteiger partial charge in [0, 0.05) is 0 Å². The number of rotatable bonds is 0. The molecule has 0 aliphatic rings. The van der Waals surface area contributed by atoms with Crippen LogP contribution in [0.5, 0.6) is 0 Å². The van der Waals surface area contributed by atoms with Gasteiger partial charge in [0.05, 0.1) is 0 Å². The third-order valence-corrected chi connectivity index (χ3v) is 0. The van der Waals surface area contributed by atoms with Crippen molar-refractivity contribution in [2.24, 2.45) is 0 Å². The molecule has 0 aromatic heterocycles. The van der Waals surface area contributed by atoms with Gasteiger partial charge in [0.1, 0.15) is 0 Å². The monoisotopic (exact) mass is 682 g/mol. The molecule has 0 nitrogen and oxygen atoms in total. The Balaban J connectivity index is 0. The van der Waals surface area contributed by atoms with Gasteiger partial charge in [-0.1, -0.05) is 0 Å². The van der Waals surface area contributed by atoms with Crippen molar-refractivity contribution >= 4 is 26.2 Å². The minimum Gasteiger partial charge on any atom is -1.00 e. The first-order chi connectivity index (χ1) is 0. The fourth-order valence-electron chi connectivity index (χ4n) is 0. The molecule has 2 radical (unpaired) electrons. The van der Waals surface area contributed by atoms with Crippen LogP contribution in [0.15, 0.2) is 0 Å². The molecule has 7 heavy (non-hydrogen) atoms. The zero-order valence-electron chi connectivity index (χ0n) is 2.72. The summed E-state index contributed by atoms with van der Waals surface area (Å²) in [6.45, 7) is 0. The molecule has 0 fully saturated rings. The van der Waals surface area contributed by atoms with Gasteiger partial charge in [-0.3, -0.25) is 0 Å². The summed E-state index contributed by atoms with van der Waals surface area (Å²) in [7, 11) is 0. The molecule has 0 aromatic carbocycles. The molecule has 0 N–H and O–H groups in total. The molecule has 0 heterocycles. The topological polar surface area (TPSA) is 0 Å². The Kier molecular flexibility index (Phi) is 548. The Morgan fingerprint density at radius 1 is 0.286 bits per heavy atom. The van der Waals surface area contributed by atoms with Crippen molar-refractivity contribution in [1.29, 1.82) is 0 Å². The van der Waals surface area contributed by atoms with E-state index in [9.17, 15) is 0 Å². The van der Waals surface area contributed by atoms with Crippen molar-refractivity contribution in [1.82, 2.24) is 0 Å². The van der Waals surface area contributed by atoms with Crippen molar-refractivity contribution in [3.8, 4) is 0 Å². The van der Waals surface area contributed by atoms with Crippen molar-refractivity contribution in [2.45, 2.75) is 0 Å². The molecule has 0 aromatic rings. The molecule has 0 saturated carbocycles. The van der Waals surface area contributed by atoms with E-state index in [1.165, 1.54) is 0 Å². The van der Waals surface area contributed by atoms with E-state index in [1.54, 1.807) is 0 Å². The Morgan fingerprint density at radius 2 is 0.286 bits per heavy atom. The van der Waals surface area contributed by atoms with Crippen LogP contribution in [0.3, 0.4) is 0 Å². The Bertz CT molecular complexity index is 4.14. The molecule has 0 rings (SSSR count). The van der Waals surface area contributed by atoms with E-state index in [2.05, 4.69) is 0 Å². The maximum absolute atomic E-state index is 0. The van der Waals surface area contributed by atoms with Crippen LogP contribution in [0, 0.1) is 0 Å². The van der Waals surface area contributed by atoms with Gasteiger partial charge in [0.25, 0.3) is 0 Å². The third-order valence-electron chi connectivity index (χ3n) is 0. The van der Waals surface area contributed by atoms with E-state index in [0.717, 1.165) is 0 Å². The van der Waals surface area contributed by atoms with E-state index < -0.39 is 0 Å². The zero-order chi connectivity index (χ0) is 0. The fraction of sp³-hybridized carbons (Fsp3) is 0. The van der Waals surface area contributed by atoms with E-state index in [-0.39, 0.29) is 128 Å². The SMILES string of the molecule is [Bi+3].[Br-].[Br-].[Br-].[Br-].[Br-].[Br-]. The van der Waals surface area contributed by atoms with Gasteiger partial charge in [0.15, 0.2) is 0 Å². The van der Waals surface area contributed by atoms with E-state index in [0.29, 0.717) is 0 Å². The molecule has 0 bridgehead atoms. The first kappa shape index (κ1) is 72.4. The second kappa shape index (κ2) is 52.9. The molecule has 0 unspecified atom stereocenters. The van der Waals surface area contributed by atoms with Gasteiger partial charge in [-0.15, -0.1) is 0 Å². The molecule has 50 valence electrons. The summed E-state index contributed by atoms with van der Waals surface area (Å²) in [5.74, 6) is 0. The second-order valence-electron chi connectivity index (χ2n) is 0. The minimum atomic E-state index is 0. The summed E-state index contributed by atoms with van der Waals surface area (Å²) < 4.78 is 0. The van der Waals surface area contributed by atoms with Crippen LogP contribution in [-0.4, -0.2) is 26.2 Å². The van der Waals surface area contributed by atoms with Crippen molar-refractivity contribution < 1.29 is 102 Å². The van der Waals surface area contributed by atoms with Crippen molar-refractivity contribution in [3.63, 3.8) is 0 Å². The Labute approximate surface area is 126 Å². The van der Waals surface area contributed by atoms with Crippen molar-refractivity contribution in [3.05, 3.63) is 0 Å². The average molecular weight is 688 g/mol. The molecule has 0 aliphatic heterocycles. The molecule has 0 aliphatic carbocycles. The van der Waals surface area contributed by atoms with E-state index >= 15 is 0 Å². The van der Waals surface area contributed by atoms with Crippen LogP contribution in [-0.2, 0) is 0 Å². The molecule has 0 atom stereocenters. The summed E-state index contributed by atoms with van der Waals surface area (Å²) in [5.41, 5.74) is 0. The maximum Gasteiger partial charge on any atom is 3.00 e. The number of hydrogen-bond acceptors (Lipinski definition) is 0. The van der Waals surface area contributed by atoms with Gasteiger partial charge in [-0.05, 0) is 0 Å². The summed E-state index contributed by atoms with van der Waals surface area (Å²) >= 11 is 0. The van der Waals surface area contributed by atoms with Gasteiger partial charge >= 0.3 is 26.2 Å². The predicted molar refractivity (Wildman–Crippen MR) is 5.75 cm³/mol. The van der Waals surface area contributed by atoms with Gasteiger partial charge in [-0.25, -0.2) is 0 Å². The average Bonchev–Trinajstić information content (AvgIpc) is 0. The largest absolute Gasteiger partial charge is 3.00 e. The summed E-state index contributed by atoms with van der Waals surface area (Å²) in [6, 6.07) is 0. The summed E-state index contributed by atoms with van der Waals surface area (Å²) in [5, 5.41) is 0. The first-order valence-corrected chi connectivity index (χ1v) is 0. The van der Waals surface area contributed by atoms with E-state index in [1.807, 2.05) is 0 Å². The van der Waals surface area contributed by atoms with Gasteiger partial charge in [0.2, 0.25) is 0 Å².